The van der Waals surface area contributed by atoms with Crippen molar-refractivity contribution in [3.8, 4) is 0 Å². The number of pyridine rings is 1. The summed E-state index contributed by atoms with van der Waals surface area (Å²) in [5.41, 5.74) is 7.93. The highest BCUT2D eigenvalue weighted by Gasteiger charge is 2.38. The van der Waals surface area contributed by atoms with Gasteiger partial charge in [-0.2, -0.15) is 26.3 Å². The topological polar surface area (TPSA) is 106 Å². The van der Waals surface area contributed by atoms with Gasteiger partial charge < -0.3 is 16.8 Å². The highest BCUT2D eigenvalue weighted by molar-refractivity contribution is 6.07. The van der Waals surface area contributed by atoms with E-state index in [9.17, 15) is 31.1 Å². The number of anilines is 1. The van der Waals surface area contributed by atoms with Gasteiger partial charge in [0.1, 0.15) is 5.69 Å². The van der Waals surface area contributed by atoms with Crippen LogP contribution in [0, 0.1) is 0 Å². The number of nitrogens with one attached hydrogen (secondary N) is 1. The van der Waals surface area contributed by atoms with Crippen molar-refractivity contribution in [1.82, 2.24) is 4.98 Å². The van der Waals surface area contributed by atoms with Crippen LogP contribution in [0.3, 0.4) is 0 Å². The number of carbonyl (C=O) groups excluding carboxylic acids is 1. The van der Waals surface area contributed by atoms with Gasteiger partial charge in [-0.25, -0.2) is 9.98 Å². The number of primary amides is 1. The number of aromatic nitrogens is 1. The van der Waals surface area contributed by atoms with Crippen LogP contribution in [0.25, 0.3) is 0 Å². The monoisotopic (exact) mass is 431 g/mol. The second kappa shape index (κ2) is 8.84. The summed E-state index contributed by atoms with van der Waals surface area (Å²) in [5, 5.41) is 2.37. The molecule has 0 aliphatic carbocycles. The molecule has 0 aliphatic rings. The molecule has 2 rings (SSSR count). The van der Waals surface area contributed by atoms with Crippen LogP contribution in [0.4, 0.5) is 37.8 Å². The standard InChI is InChI=1S/C18H15F6N5O/c19-17(20,21)8-10-4-6-11(7-5-10)27-13(9-25)15(18(22,23)24)29-14-3-1-2-12(28-14)16(26)30/h1-7,9,27H,8,25H2,(H2,26,30)/b13-9+,29-15-. The quantitative estimate of drug-likeness (QED) is 0.477. The van der Waals surface area contributed by atoms with E-state index in [-0.39, 0.29) is 16.9 Å². The van der Waals surface area contributed by atoms with Gasteiger partial charge in [0.05, 0.1) is 12.1 Å². The lowest BCUT2D eigenvalue weighted by molar-refractivity contribution is -0.127. The largest absolute Gasteiger partial charge is 0.435 e. The van der Waals surface area contributed by atoms with E-state index in [1.165, 1.54) is 24.3 Å². The number of aliphatic imine (C=N–C) groups is 1. The van der Waals surface area contributed by atoms with Crippen molar-refractivity contribution >= 4 is 23.1 Å². The first-order valence-corrected chi connectivity index (χ1v) is 8.17. The predicted octanol–water partition coefficient (Wildman–Crippen LogP) is 3.83. The molecule has 0 saturated heterocycles. The Hall–Kier alpha value is -3.57. The summed E-state index contributed by atoms with van der Waals surface area (Å²) in [6.45, 7) is 0. The molecule has 0 fully saturated rings. The lowest BCUT2D eigenvalue weighted by Crippen LogP contribution is -2.29. The van der Waals surface area contributed by atoms with Crippen molar-refractivity contribution in [3.63, 3.8) is 0 Å². The Morgan fingerprint density at radius 2 is 1.70 bits per heavy atom. The van der Waals surface area contributed by atoms with Gasteiger partial charge in [-0.1, -0.05) is 18.2 Å². The number of carbonyl (C=O) groups is 1. The first kappa shape index (κ1) is 22.7. The van der Waals surface area contributed by atoms with Crippen LogP contribution in [0.2, 0.25) is 0 Å². The summed E-state index contributed by atoms with van der Waals surface area (Å²) in [4.78, 5) is 18.2. The lowest BCUT2D eigenvalue weighted by Gasteiger charge is -2.16. The van der Waals surface area contributed by atoms with E-state index >= 15 is 0 Å². The average Bonchev–Trinajstić information content (AvgIpc) is 2.64. The molecule has 0 saturated carbocycles. The molecule has 1 heterocycles. The van der Waals surface area contributed by atoms with Crippen molar-refractivity contribution in [2.45, 2.75) is 18.8 Å². The second-order valence-corrected chi connectivity index (χ2v) is 5.90. The maximum Gasteiger partial charge on any atom is 0.435 e. The van der Waals surface area contributed by atoms with Crippen molar-refractivity contribution < 1.29 is 31.1 Å². The molecule has 0 spiro atoms. The van der Waals surface area contributed by atoms with Crippen molar-refractivity contribution in [1.29, 1.82) is 0 Å². The third-order valence-corrected chi connectivity index (χ3v) is 3.54. The molecule has 1 aromatic heterocycles. The van der Waals surface area contributed by atoms with Crippen molar-refractivity contribution in [3.05, 3.63) is 65.6 Å². The normalized spacial score (nSPS) is 13.3. The number of benzene rings is 1. The molecule has 5 N–H and O–H groups in total. The Kier molecular flexibility index (Phi) is 6.70. The van der Waals surface area contributed by atoms with Gasteiger partial charge in [0.25, 0.3) is 5.91 Å². The van der Waals surface area contributed by atoms with Gasteiger partial charge in [-0.05, 0) is 29.8 Å². The number of nitrogens with two attached hydrogens (primary N) is 2. The molecule has 1 amide bonds. The summed E-state index contributed by atoms with van der Waals surface area (Å²) in [7, 11) is 0. The maximum atomic E-state index is 13.5. The van der Waals surface area contributed by atoms with E-state index in [0.29, 0.717) is 6.20 Å². The van der Waals surface area contributed by atoms with E-state index in [1.54, 1.807) is 0 Å². The summed E-state index contributed by atoms with van der Waals surface area (Å²) >= 11 is 0. The number of halogens is 6. The minimum Gasteiger partial charge on any atom is -0.403 e. The number of rotatable bonds is 6. The zero-order chi connectivity index (χ0) is 22.5. The number of amides is 1. The summed E-state index contributed by atoms with van der Waals surface area (Å²) < 4.78 is 77.9. The molecule has 0 radical (unpaired) electrons. The number of hydrogen-bond acceptors (Lipinski definition) is 5. The van der Waals surface area contributed by atoms with Gasteiger partial charge in [0.2, 0.25) is 0 Å². The van der Waals surface area contributed by atoms with Crippen LogP contribution in [-0.2, 0) is 6.42 Å². The van der Waals surface area contributed by atoms with Gasteiger partial charge in [-0.3, -0.25) is 4.79 Å². The Labute approximate surface area is 166 Å². The zero-order valence-corrected chi connectivity index (χ0v) is 15.1. The molecule has 160 valence electrons. The smallest absolute Gasteiger partial charge is 0.403 e. The number of hydrogen-bond donors (Lipinski definition) is 3. The van der Waals surface area contributed by atoms with Crippen LogP contribution in [0.15, 0.2) is 59.4 Å². The molecular weight excluding hydrogens is 416 g/mol. The molecule has 2 aromatic rings. The van der Waals surface area contributed by atoms with Crippen LogP contribution in [0.1, 0.15) is 16.1 Å². The first-order valence-electron chi connectivity index (χ1n) is 8.17. The van der Waals surface area contributed by atoms with Gasteiger partial charge in [0.15, 0.2) is 11.5 Å². The van der Waals surface area contributed by atoms with Crippen LogP contribution in [-0.4, -0.2) is 29.0 Å². The average molecular weight is 431 g/mol. The van der Waals surface area contributed by atoms with Crippen LogP contribution < -0.4 is 16.8 Å². The fraction of sp³-hybridized carbons (Fsp3) is 0.167. The third kappa shape index (κ3) is 6.50. The maximum absolute atomic E-state index is 13.5. The molecular formula is C18H15F6N5O. The third-order valence-electron chi connectivity index (χ3n) is 3.54. The van der Waals surface area contributed by atoms with E-state index in [2.05, 4.69) is 15.3 Å². The van der Waals surface area contributed by atoms with E-state index < -0.39 is 41.9 Å². The molecule has 12 heteroatoms. The molecule has 0 unspecified atom stereocenters. The van der Waals surface area contributed by atoms with Gasteiger partial charge in [-0.15, -0.1) is 0 Å². The first-order chi connectivity index (χ1) is 13.9. The molecule has 0 aliphatic heterocycles. The molecule has 0 bridgehead atoms. The summed E-state index contributed by atoms with van der Waals surface area (Å²) in [5.74, 6) is -1.40. The second-order valence-electron chi connectivity index (χ2n) is 5.90. The lowest BCUT2D eigenvalue weighted by atomic mass is 10.1. The summed E-state index contributed by atoms with van der Waals surface area (Å²) in [6, 6.07) is 8.15. The molecule has 0 atom stereocenters. The number of alkyl halides is 6. The van der Waals surface area contributed by atoms with E-state index in [0.717, 1.165) is 18.2 Å². The van der Waals surface area contributed by atoms with Crippen molar-refractivity contribution in [2.24, 2.45) is 16.5 Å². The van der Waals surface area contributed by atoms with E-state index in [4.69, 9.17) is 11.5 Å². The van der Waals surface area contributed by atoms with Gasteiger partial charge >= 0.3 is 12.4 Å². The minimum atomic E-state index is -4.97. The fourth-order valence-electron chi connectivity index (χ4n) is 2.29. The number of allylic oxidation sites excluding steroid dienone is 1. The minimum absolute atomic E-state index is 0.0495. The molecule has 1 aromatic carbocycles. The Morgan fingerprint density at radius 1 is 1.07 bits per heavy atom. The number of nitrogens with zero attached hydrogens (tertiary/aromatic N) is 2. The highest BCUT2D eigenvalue weighted by Crippen LogP contribution is 2.27. The van der Waals surface area contributed by atoms with Crippen molar-refractivity contribution in [2.75, 3.05) is 5.32 Å². The SMILES string of the molecule is N/C=C(Nc1ccc(CC(F)(F)F)cc1)\C(=N\c1cccc(C(N)=O)n1)C(F)(F)F. The Morgan fingerprint density at radius 3 is 2.20 bits per heavy atom. The van der Waals surface area contributed by atoms with Gasteiger partial charge in [0, 0.05) is 11.9 Å². The predicted molar refractivity (Wildman–Crippen MR) is 98.0 cm³/mol. The summed E-state index contributed by atoms with van der Waals surface area (Å²) in [6.07, 6.45) is -9.96. The molecule has 6 nitrogen and oxygen atoms in total. The van der Waals surface area contributed by atoms with E-state index in [1.807, 2.05) is 0 Å². The molecule has 30 heavy (non-hydrogen) atoms. The Balaban J connectivity index is 2.34. The fourth-order valence-corrected chi connectivity index (χ4v) is 2.29. The van der Waals surface area contributed by atoms with Crippen LogP contribution in [0.5, 0.6) is 0 Å². The zero-order valence-electron chi connectivity index (χ0n) is 15.1. The Bertz CT molecular complexity index is 964. The highest BCUT2D eigenvalue weighted by atomic mass is 19.4. The van der Waals surface area contributed by atoms with Crippen LogP contribution >= 0.6 is 0 Å².